The molecule has 3 nitrogen and oxygen atoms in total. The van der Waals surface area contributed by atoms with E-state index in [1.807, 2.05) is 4.90 Å². The second-order valence-electron chi connectivity index (χ2n) is 4.82. The number of likely N-dealkylation sites (tertiary alicyclic amines) is 1. The van der Waals surface area contributed by atoms with E-state index >= 15 is 0 Å². The highest BCUT2D eigenvalue weighted by atomic mass is 19.1. The number of halogens is 2. The maximum atomic E-state index is 13.0. The highest BCUT2D eigenvalue weighted by Crippen LogP contribution is 2.09. The first-order valence-electron chi connectivity index (χ1n) is 6.58. The molecule has 1 heterocycles. The van der Waals surface area contributed by atoms with Crippen LogP contribution in [0.2, 0.25) is 0 Å². The van der Waals surface area contributed by atoms with Gasteiger partial charge in [-0.2, -0.15) is 0 Å². The van der Waals surface area contributed by atoms with Crippen LogP contribution in [-0.2, 0) is 11.3 Å². The van der Waals surface area contributed by atoms with Crippen LogP contribution in [0.5, 0.6) is 0 Å². The lowest BCUT2D eigenvalue weighted by atomic mass is 10.1. The fourth-order valence-electron chi connectivity index (χ4n) is 2.28. The normalized spacial score (nSPS) is 15.6. The summed E-state index contributed by atoms with van der Waals surface area (Å²) in [5, 5.41) is 2.93. The van der Waals surface area contributed by atoms with E-state index in [-0.39, 0.29) is 19.0 Å². The monoisotopic (exact) mass is 268 g/mol. The van der Waals surface area contributed by atoms with E-state index in [9.17, 15) is 13.6 Å². The molecule has 0 aliphatic carbocycles. The molecule has 0 saturated carbocycles. The molecule has 0 atom stereocenters. The summed E-state index contributed by atoms with van der Waals surface area (Å²) in [6, 6.07) is 3.37. The Morgan fingerprint density at radius 2 is 1.74 bits per heavy atom. The minimum atomic E-state index is -0.598. The van der Waals surface area contributed by atoms with Crippen molar-refractivity contribution in [3.63, 3.8) is 0 Å². The van der Waals surface area contributed by atoms with Crippen LogP contribution in [0, 0.1) is 11.6 Å². The zero-order valence-corrected chi connectivity index (χ0v) is 10.8. The summed E-state index contributed by atoms with van der Waals surface area (Å²) in [7, 11) is 0. The third kappa shape index (κ3) is 4.28. The Morgan fingerprint density at radius 1 is 1.11 bits per heavy atom. The number of carbonyl (C=O) groups is 1. The van der Waals surface area contributed by atoms with Crippen molar-refractivity contribution in [3.05, 3.63) is 35.4 Å². The second-order valence-corrected chi connectivity index (χ2v) is 4.82. The van der Waals surface area contributed by atoms with Gasteiger partial charge >= 0.3 is 0 Å². The molecule has 104 valence electrons. The van der Waals surface area contributed by atoms with Crippen LogP contribution in [0.3, 0.4) is 0 Å². The first kappa shape index (κ1) is 13.9. The third-order valence-electron chi connectivity index (χ3n) is 3.24. The first-order valence-corrected chi connectivity index (χ1v) is 6.58. The molecule has 0 radical (unpaired) electrons. The Labute approximate surface area is 111 Å². The Balaban J connectivity index is 1.77. The number of amides is 1. The molecule has 1 aliphatic heterocycles. The Kier molecular flexibility index (Phi) is 4.85. The lowest BCUT2D eigenvalue weighted by molar-refractivity contribution is -0.131. The van der Waals surface area contributed by atoms with Crippen molar-refractivity contribution >= 4 is 5.91 Å². The second kappa shape index (κ2) is 6.61. The van der Waals surface area contributed by atoms with E-state index in [0.717, 1.165) is 32.0 Å². The largest absolute Gasteiger partial charge is 0.342 e. The smallest absolute Gasteiger partial charge is 0.236 e. The zero-order valence-electron chi connectivity index (χ0n) is 10.8. The minimum Gasteiger partial charge on any atom is -0.342 e. The summed E-state index contributed by atoms with van der Waals surface area (Å²) in [6.07, 6.45) is 3.29. The van der Waals surface area contributed by atoms with E-state index in [0.29, 0.717) is 5.56 Å². The highest BCUT2D eigenvalue weighted by Gasteiger charge is 2.15. The fraction of sp³-hybridized carbons (Fsp3) is 0.500. The van der Waals surface area contributed by atoms with Gasteiger partial charge in [0.05, 0.1) is 6.54 Å². The maximum absolute atomic E-state index is 13.0. The Morgan fingerprint density at radius 3 is 2.37 bits per heavy atom. The summed E-state index contributed by atoms with van der Waals surface area (Å²) in [6.45, 7) is 2.12. The van der Waals surface area contributed by atoms with E-state index in [4.69, 9.17) is 0 Å². The van der Waals surface area contributed by atoms with Gasteiger partial charge in [-0.15, -0.1) is 0 Å². The van der Waals surface area contributed by atoms with Gasteiger partial charge in [-0.05, 0) is 37.0 Å². The summed E-state index contributed by atoms with van der Waals surface area (Å²) >= 11 is 0. The van der Waals surface area contributed by atoms with Crippen molar-refractivity contribution in [1.82, 2.24) is 10.2 Å². The number of nitrogens with zero attached hydrogens (tertiary/aromatic N) is 1. The molecule has 1 fully saturated rings. The molecule has 1 aromatic carbocycles. The summed E-state index contributed by atoms with van der Waals surface area (Å²) in [4.78, 5) is 13.7. The summed E-state index contributed by atoms with van der Waals surface area (Å²) < 4.78 is 25.9. The van der Waals surface area contributed by atoms with Crippen molar-refractivity contribution in [2.24, 2.45) is 0 Å². The minimum absolute atomic E-state index is 0.0524. The number of rotatable bonds is 4. The van der Waals surface area contributed by atoms with Gasteiger partial charge in [0.15, 0.2) is 0 Å². The molecule has 0 spiro atoms. The van der Waals surface area contributed by atoms with Crippen molar-refractivity contribution in [3.8, 4) is 0 Å². The fourth-order valence-corrected chi connectivity index (χ4v) is 2.28. The van der Waals surface area contributed by atoms with Crippen LogP contribution in [0.1, 0.15) is 24.8 Å². The van der Waals surface area contributed by atoms with Crippen molar-refractivity contribution < 1.29 is 13.6 Å². The number of nitrogens with one attached hydrogen (secondary N) is 1. The number of benzene rings is 1. The van der Waals surface area contributed by atoms with Crippen LogP contribution in [-0.4, -0.2) is 30.4 Å². The van der Waals surface area contributed by atoms with Crippen LogP contribution in [0.4, 0.5) is 8.78 Å². The maximum Gasteiger partial charge on any atom is 0.236 e. The van der Waals surface area contributed by atoms with Gasteiger partial charge in [0, 0.05) is 25.7 Å². The first-order chi connectivity index (χ1) is 9.15. The quantitative estimate of drug-likeness (QED) is 0.906. The molecule has 1 N–H and O–H groups in total. The molecule has 1 amide bonds. The van der Waals surface area contributed by atoms with E-state index in [2.05, 4.69) is 5.32 Å². The Bertz CT molecular complexity index is 425. The van der Waals surface area contributed by atoms with E-state index in [1.54, 1.807) is 0 Å². The molecule has 1 saturated heterocycles. The third-order valence-corrected chi connectivity index (χ3v) is 3.24. The van der Waals surface area contributed by atoms with Gasteiger partial charge in [0.2, 0.25) is 5.91 Å². The molecular formula is C14H18F2N2O. The molecular weight excluding hydrogens is 250 g/mol. The van der Waals surface area contributed by atoms with Crippen molar-refractivity contribution in [1.29, 1.82) is 0 Å². The summed E-state index contributed by atoms with van der Waals surface area (Å²) in [5.41, 5.74) is 0.504. The average Bonchev–Trinajstić information content (AvgIpc) is 2.38. The highest BCUT2D eigenvalue weighted by molar-refractivity contribution is 5.78. The molecule has 1 aromatic rings. The van der Waals surface area contributed by atoms with Crippen LogP contribution < -0.4 is 5.32 Å². The molecule has 5 heteroatoms. The van der Waals surface area contributed by atoms with Crippen LogP contribution in [0.25, 0.3) is 0 Å². The average molecular weight is 268 g/mol. The molecule has 2 rings (SSSR count). The molecule has 0 unspecified atom stereocenters. The van der Waals surface area contributed by atoms with E-state index < -0.39 is 11.6 Å². The Hall–Kier alpha value is -1.49. The molecule has 19 heavy (non-hydrogen) atoms. The lowest BCUT2D eigenvalue weighted by Gasteiger charge is -2.26. The predicted octanol–water partition coefficient (Wildman–Crippen LogP) is 2.07. The zero-order chi connectivity index (χ0) is 13.7. The number of hydrogen-bond acceptors (Lipinski definition) is 2. The number of hydrogen-bond donors (Lipinski definition) is 1. The van der Waals surface area contributed by atoms with Gasteiger partial charge < -0.3 is 10.2 Å². The van der Waals surface area contributed by atoms with Gasteiger partial charge in [-0.25, -0.2) is 8.78 Å². The summed E-state index contributed by atoms with van der Waals surface area (Å²) in [5.74, 6) is -1.14. The van der Waals surface area contributed by atoms with Crippen LogP contribution in [0.15, 0.2) is 18.2 Å². The topological polar surface area (TPSA) is 32.3 Å². The molecule has 0 aromatic heterocycles. The van der Waals surface area contributed by atoms with Gasteiger partial charge in [-0.1, -0.05) is 0 Å². The van der Waals surface area contributed by atoms with Gasteiger partial charge in [0.25, 0.3) is 0 Å². The SMILES string of the molecule is O=C(CNCc1cc(F)cc(F)c1)N1CCCCC1. The van der Waals surface area contributed by atoms with Crippen molar-refractivity contribution in [2.75, 3.05) is 19.6 Å². The van der Waals surface area contributed by atoms with Crippen molar-refractivity contribution in [2.45, 2.75) is 25.8 Å². The predicted molar refractivity (Wildman–Crippen MR) is 68.5 cm³/mol. The van der Waals surface area contributed by atoms with Crippen LogP contribution >= 0.6 is 0 Å². The van der Waals surface area contributed by atoms with Gasteiger partial charge in [0.1, 0.15) is 11.6 Å². The lowest BCUT2D eigenvalue weighted by Crippen LogP contribution is -2.40. The standard InChI is InChI=1S/C14H18F2N2O/c15-12-6-11(7-13(16)8-12)9-17-10-14(19)18-4-2-1-3-5-18/h6-8,17H,1-5,9-10H2. The molecule has 0 bridgehead atoms. The van der Waals surface area contributed by atoms with Gasteiger partial charge in [-0.3, -0.25) is 4.79 Å². The number of piperidine rings is 1. The van der Waals surface area contributed by atoms with E-state index in [1.165, 1.54) is 18.6 Å². The number of carbonyl (C=O) groups excluding carboxylic acids is 1. The molecule has 1 aliphatic rings.